The number of ether oxygens (including phenoxy) is 1. The van der Waals surface area contributed by atoms with Gasteiger partial charge in [-0.3, -0.25) is 4.90 Å². The van der Waals surface area contributed by atoms with Crippen LogP contribution in [0.5, 0.6) is 0 Å². The van der Waals surface area contributed by atoms with E-state index in [4.69, 9.17) is 4.74 Å². The van der Waals surface area contributed by atoms with E-state index in [2.05, 4.69) is 12.0 Å². The number of esters is 1. The topological polar surface area (TPSA) is 46.8 Å². The highest BCUT2D eigenvalue weighted by atomic mass is 19.3. The molecule has 3 rings (SSSR count). The lowest BCUT2D eigenvalue weighted by atomic mass is 9.82. The van der Waals surface area contributed by atoms with Crippen molar-refractivity contribution in [1.29, 1.82) is 0 Å². The van der Waals surface area contributed by atoms with Gasteiger partial charge in [0.2, 0.25) is 0 Å². The number of hydrogen-bond donors (Lipinski definition) is 0. The van der Waals surface area contributed by atoms with E-state index < -0.39 is 5.92 Å². The van der Waals surface area contributed by atoms with Gasteiger partial charge in [-0.25, -0.2) is 18.1 Å². The smallest absolute Gasteiger partial charge is 0.340 e. The van der Waals surface area contributed by atoms with Crippen molar-refractivity contribution in [3.63, 3.8) is 0 Å². The third kappa shape index (κ3) is 4.19. The minimum atomic E-state index is -2.66. The van der Waals surface area contributed by atoms with Crippen molar-refractivity contribution in [3.05, 3.63) is 35.2 Å². The summed E-state index contributed by atoms with van der Waals surface area (Å²) in [6.45, 7) is 8.32. The number of hydrogen-bond acceptors (Lipinski definition) is 4. The van der Waals surface area contributed by atoms with E-state index in [0.717, 1.165) is 36.5 Å². The van der Waals surface area contributed by atoms with E-state index in [1.165, 1.54) is 0 Å². The van der Waals surface area contributed by atoms with Crippen LogP contribution in [0.1, 0.15) is 61.1 Å². The molecule has 1 fully saturated rings. The molecule has 1 aliphatic heterocycles. The Kier molecular flexibility index (Phi) is 6.03. The number of halogens is 2. The van der Waals surface area contributed by atoms with Crippen LogP contribution in [-0.4, -0.2) is 52.6 Å². The molecule has 1 unspecified atom stereocenters. The molecule has 2 aromatic rings. The van der Waals surface area contributed by atoms with Gasteiger partial charge in [0.1, 0.15) is 0 Å². The van der Waals surface area contributed by atoms with Gasteiger partial charge >= 0.3 is 5.97 Å². The summed E-state index contributed by atoms with van der Waals surface area (Å²) in [4.78, 5) is 14.4. The van der Waals surface area contributed by atoms with Gasteiger partial charge in [-0.2, -0.15) is 5.10 Å². The summed E-state index contributed by atoms with van der Waals surface area (Å²) in [5.74, 6) is -2.47. The summed E-state index contributed by atoms with van der Waals surface area (Å²) in [6.07, 6.45) is 3.42. The van der Waals surface area contributed by atoms with Crippen LogP contribution in [-0.2, 0) is 4.74 Å². The van der Waals surface area contributed by atoms with Crippen molar-refractivity contribution < 1.29 is 18.3 Å². The first-order valence-corrected chi connectivity index (χ1v) is 9.96. The van der Waals surface area contributed by atoms with Crippen LogP contribution in [0.15, 0.2) is 18.3 Å². The van der Waals surface area contributed by atoms with E-state index >= 15 is 0 Å². The first-order valence-electron chi connectivity index (χ1n) is 9.96. The largest absolute Gasteiger partial charge is 0.462 e. The lowest BCUT2D eigenvalue weighted by Crippen LogP contribution is -2.41. The fourth-order valence-corrected chi connectivity index (χ4v) is 4.45. The molecule has 0 spiro atoms. The quantitative estimate of drug-likeness (QED) is 0.687. The summed E-state index contributed by atoms with van der Waals surface area (Å²) in [5.41, 5.74) is 3.23. The molecule has 0 radical (unpaired) electrons. The highest BCUT2D eigenvalue weighted by molar-refractivity contribution is 5.99. The lowest BCUT2D eigenvalue weighted by molar-refractivity contribution is -0.0231. The number of carbonyl (C=O) groups excluding carboxylic acids is 1. The average molecular weight is 393 g/mol. The number of alkyl halides is 2. The zero-order valence-corrected chi connectivity index (χ0v) is 17.0. The molecular weight excluding hydrogens is 364 g/mol. The molecule has 1 aliphatic rings. The highest BCUT2D eigenvalue weighted by Gasteiger charge is 2.33. The number of likely N-dealkylation sites (tertiary alicyclic amines) is 1. The van der Waals surface area contributed by atoms with Gasteiger partial charge in [-0.15, -0.1) is 0 Å². The zero-order chi connectivity index (χ0) is 20.5. The molecule has 1 saturated heterocycles. The molecule has 5 nitrogen and oxygen atoms in total. The predicted octanol–water partition coefficient (Wildman–Crippen LogP) is 4.29. The van der Waals surface area contributed by atoms with Gasteiger partial charge in [0.25, 0.3) is 5.92 Å². The molecule has 3 heterocycles. The van der Waals surface area contributed by atoms with Crippen LogP contribution in [0.4, 0.5) is 8.78 Å². The Morgan fingerprint density at radius 1 is 1.39 bits per heavy atom. The molecule has 0 amide bonds. The third-order valence-electron chi connectivity index (χ3n) is 5.75. The summed E-state index contributed by atoms with van der Waals surface area (Å²) in [7, 11) is 0. The summed E-state index contributed by atoms with van der Waals surface area (Å²) in [5, 5.41) is 4.48. The van der Waals surface area contributed by atoms with Crippen LogP contribution in [0, 0.1) is 12.8 Å². The van der Waals surface area contributed by atoms with E-state index in [1.807, 2.05) is 28.5 Å². The standard InChI is InChI=1S/C21H29F2N3O2/c1-5-28-20(27)18-15(3)19(26-17(18)7-6-10-24-26)14(2)16-8-11-25(12-9-16)13-21(4,22)23/h6-7,10,14,16H,5,8-9,11-13H2,1-4H3. The number of fused-ring (bicyclic) bond motifs is 1. The van der Waals surface area contributed by atoms with Gasteiger partial charge in [-0.05, 0) is 63.4 Å². The van der Waals surface area contributed by atoms with E-state index in [-0.39, 0.29) is 18.4 Å². The molecule has 154 valence electrons. The van der Waals surface area contributed by atoms with Crippen LogP contribution < -0.4 is 0 Å². The highest BCUT2D eigenvalue weighted by Crippen LogP contribution is 2.37. The Labute approximate surface area is 164 Å². The number of nitrogens with zero attached hydrogens (tertiary/aromatic N) is 3. The summed E-state index contributed by atoms with van der Waals surface area (Å²) >= 11 is 0. The maximum Gasteiger partial charge on any atom is 0.340 e. The van der Waals surface area contributed by atoms with E-state index in [9.17, 15) is 13.6 Å². The minimum absolute atomic E-state index is 0.162. The molecule has 0 aliphatic carbocycles. The number of piperidine rings is 1. The van der Waals surface area contributed by atoms with Gasteiger partial charge in [0, 0.05) is 24.7 Å². The number of carbonyl (C=O) groups is 1. The summed E-state index contributed by atoms with van der Waals surface area (Å²) < 4.78 is 33.7. The van der Waals surface area contributed by atoms with Crippen LogP contribution >= 0.6 is 0 Å². The molecule has 0 saturated carbocycles. The minimum Gasteiger partial charge on any atom is -0.462 e. The second-order valence-electron chi connectivity index (χ2n) is 7.90. The fraction of sp³-hybridized carbons (Fsp3) is 0.619. The molecule has 0 aromatic carbocycles. The molecule has 0 bridgehead atoms. The zero-order valence-electron chi connectivity index (χ0n) is 17.0. The van der Waals surface area contributed by atoms with Crippen molar-refractivity contribution >= 4 is 11.5 Å². The average Bonchev–Trinajstić information content (AvgIpc) is 2.92. The Morgan fingerprint density at radius 3 is 2.68 bits per heavy atom. The predicted molar refractivity (Wildman–Crippen MR) is 104 cm³/mol. The Balaban J connectivity index is 1.86. The van der Waals surface area contributed by atoms with Gasteiger partial charge in [0.05, 0.1) is 24.2 Å². The maximum atomic E-state index is 13.3. The van der Waals surface area contributed by atoms with Crippen molar-refractivity contribution in [2.75, 3.05) is 26.2 Å². The van der Waals surface area contributed by atoms with Crippen molar-refractivity contribution in [1.82, 2.24) is 14.5 Å². The molecule has 0 N–H and O–H groups in total. The maximum absolute atomic E-state index is 13.3. The number of aromatic nitrogens is 2. The molecule has 28 heavy (non-hydrogen) atoms. The lowest BCUT2D eigenvalue weighted by Gasteiger charge is -2.36. The monoisotopic (exact) mass is 393 g/mol. The van der Waals surface area contributed by atoms with Crippen molar-refractivity contribution in [2.45, 2.75) is 52.4 Å². The molecule has 2 aromatic heterocycles. The van der Waals surface area contributed by atoms with Crippen molar-refractivity contribution in [2.24, 2.45) is 5.92 Å². The van der Waals surface area contributed by atoms with Crippen molar-refractivity contribution in [3.8, 4) is 0 Å². The normalized spacial score (nSPS) is 17.8. The molecule has 7 heteroatoms. The van der Waals surface area contributed by atoms with Crippen LogP contribution in [0.25, 0.3) is 5.52 Å². The Bertz CT molecular complexity index is 836. The van der Waals surface area contributed by atoms with Crippen LogP contribution in [0.2, 0.25) is 0 Å². The first-order chi connectivity index (χ1) is 13.2. The molecular formula is C21H29F2N3O2. The molecule has 1 atom stereocenters. The van der Waals surface area contributed by atoms with Crippen LogP contribution in [0.3, 0.4) is 0 Å². The second-order valence-corrected chi connectivity index (χ2v) is 7.90. The fourth-order valence-electron chi connectivity index (χ4n) is 4.45. The number of rotatable bonds is 6. The second kappa shape index (κ2) is 8.15. The third-order valence-corrected chi connectivity index (χ3v) is 5.75. The van der Waals surface area contributed by atoms with E-state index in [1.54, 1.807) is 13.1 Å². The van der Waals surface area contributed by atoms with E-state index in [0.29, 0.717) is 31.2 Å². The van der Waals surface area contributed by atoms with Gasteiger partial charge < -0.3 is 4.74 Å². The Hall–Kier alpha value is -2.02. The first kappa shape index (κ1) is 20.7. The Morgan fingerprint density at radius 2 is 2.07 bits per heavy atom. The van der Waals surface area contributed by atoms with Gasteiger partial charge in [0.15, 0.2) is 0 Å². The summed E-state index contributed by atoms with van der Waals surface area (Å²) in [6, 6.07) is 3.70. The van der Waals surface area contributed by atoms with Gasteiger partial charge in [-0.1, -0.05) is 6.92 Å². The SMILES string of the molecule is CCOC(=O)c1c(C)c(C(C)C2CCN(CC(C)(F)F)CC2)n2ncccc12.